The van der Waals surface area contributed by atoms with E-state index in [9.17, 15) is 14.4 Å². The average molecular weight is 480 g/mol. The summed E-state index contributed by atoms with van der Waals surface area (Å²) >= 11 is 0. The van der Waals surface area contributed by atoms with Crippen molar-refractivity contribution in [3.63, 3.8) is 0 Å². The molecule has 8 nitrogen and oxygen atoms in total. The lowest BCUT2D eigenvalue weighted by atomic mass is 10.1. The van der Waals surface area contributed by atoms with Gasteiger partial charge in [-0.05, 0) is 35.9 Å². The Kier molecular flexibility index (Phi) is 7.67. The third-order valence-corrected chi connectivity index (χ3v) is 5.33. The van der Waals surface area contributed by atoms with Gasteiger partial charge in [-0.2, -0.15) is 5.10 Å². The minimum absolute atomic E-state index is 0.223. The lowest BCUT2D eigenvalue weighted by Gasteiger charge is -2.05. The molecule has 180 valence electrons. The van der Waals surface area contributed by atoms with E-state index >= 15 is 0 Å². The maximum atomic E-state index is 12.5. The van der Waals surface area contributed by atoms with Crippen LogP contribution in [0.4, 0.5) is 0 Å². The number of carbonyl (C=O) groups is 3. The summed E-state index contributed by atoms with van der Waals surface area (Å²) in [6.07, 6.45) is 5.12. The molecule has 0 saturated heterocycles. The number of hydrogen-bond donors (Lipinski definition) is 3. The van der Waals surface area contributed by atoms with Crippen LogP contribution in [0.1, 0.15) is 21.5 Å². The highest BCUT2D eigenvalue weighted by Crippen LogP contribution is 2.24. The lowest BCUT2D eigenvalue weighted by Crippen LogP contribution is -2.33. The van der Waals surface area contributed by atoms with Crippen molar-refractivity contribution in [2.75, 3.05) is 6.54 Å². The molecule has 36 heavy (non-hydrogen) atoms. The molecule has 4 N–H and O–H groups in total. The molecule has 4 aromatic rings. The molecule has 8 heteroatoms. The zero-order valence-electron chi connectivity index (χ0n) is 19.4. The number of rotatable bonds is 9. The largest absolute Gasteiger partial charge is 0.368 e. The number of primary amides is 1. The molecule has 0 saturated carbocycles. The van der Waals surface area contributed by atoms with Crippen LogP contribution in [0.5, 0.6) is 0 Å². The van der Waals surface area contributed by atoms with Gasteiger partial charge in [-0.3, -0.25) is 14.4 Å². The third-order valence-electron chi connectivity index (χ3n) is 5.33. The monoisotopic (exact) mass is 479 g/mol. The summed E-state index contributed by atoms with van der Waals surface area (Å²) in [6, 6.07) is 26.3. The predicted octanol–water partition coefficient (Wildman–Crippen LogP) is 3.08. The second kappa shape index (κ2) is 11.4. The Morgan fingerprint density at radius 2 is 1.53 bits per heavy atom. The van der Waals surface area contributed by atoms with E-state index in [1.54, 1.807) is 35.0 Å². The minimum atomic E-state index is -0.612. The molecular weight excluding hydrogens is 454 g/mol. The van der Waals surface area contributed by atoms with E-state index in [1.807, 2.05) is 66.9 Å². The van der Waals surface area contributed by atoms with Gasteiger partial charge in [-0.25, -0.2) is 4.68 Å². The number of benzene rings is 3. The maximum absolute atomic E-state index is 12.5. The zero-order valence-corrected chi connectivity index (χ0v) is 19.4. The Hall–Kier alpha value is -4.98. The van der Waals surface area contributed by atoms with Crippen molar-refractivity contribution >= 4 is 23.8 Å². The zero-order chi connectivity index (χ0) is 25.3. The second-order valence-corrected chi connectivity index (χ2v) is 7.98. The summed E-state index contributed by atoms with van der Waals surface area (Å²) < 4.78 is 1.79. The van der Waals surface area contributed by atoms with E-state index in [0.29, 0.717) is 12.1 Å². The highest BCUT2D eigenvalue weighted by atomic mass is 16.2. The highest BCUT2D eigenvalue weighted by molar-refractivity contribution is 5.96. The number of hydrogen-bond acceptors (Lipinski definition) is 4. The molecule has 0 spiro atoms. The van der Waals surface area contributed by atoms with Crippen molar-refractivity contribution in [1.82, 2.24) is 20.4 Å². The smallest absolute Gasteiger partial charge is 0.251 e. The molecule has 0 aliphatic carbocycles. The normalized spacial score (nSPS) is 10.8. The first-order valence-corrected chi connectivity index (χ1v) is 11.3. The van der Waals surface area contributed by atoms with Crippen LogP contribution in [-0.4, -0.2) is 34.0 Å². The van der Waals surface area contributed by atoms with E-state index in [4.69, 9.17) is 10.8 Å². The van der Waals surface area contributed by atoms with E-state index in [0.717, 1.165) is 28.1 Å². The second-order valence-electron chi connectivity index (χ2n) is 7.98. The average Bonchev–Trinajstić information content (AvgIpc) is 3.35. The minimum Gasteiger partial charge on any atom is -0.368 e. The topological polar surface area (TPSA) is 119 Å². The fraction of sp³-hybridized carbons (Fsp3) is 0.0714. The first-order chi connectivity index (χ1) is 17.5. The van der Waals surface area contributed by atoms with Crippen LogP contribution < -0.4 is 16.4 Å². The van der Waals surface area contributed by atoms with Crippen molar-refractivity contribution in [2.45, 2.75) is 6.54 Å². The number of aromatic nitrogens is 2. The van der Waals surface area contributed by atoms with Crippen molar-refractivity contribution in [1.29, 1.82) is 0 Å². The fourth-order valence-electron chi connectivity index (χ4n) is 3.50. The van der Waals surface area contributed by atoms with Gasteiger partial charge in [0, 0.05) is 35.5 Å². The fourth-order valence-corrected chi connectivity index (χ4v) is 3.50. The van der Waals surface area contributed by atoms with Gasteiger partial charge in [-0.1, -0.05) is 60.7 Å². The van der Waals surface area contributed by atoms with Crippen LogP contribution in [0.25, 0.3) is 23.0 Å². The SMILES string of the molecule is NC(=O)CNC(=O)c1ccc(CNC(=O)/C=C/c2cn(-c3ccccc3)nc2-c2ccccc2)cc1. The molecule has 3 aromatic carbocycles. The summed E-state index contributed by atoms with van der Waals surface area (Å²) in [4.78, 5) is 35.3. The van der Waals surface area contributed by atoms with Gasteiger partial charge in [0.25, 0.3) is 5.91 Å². The molecular formula is C28H25N5O3. The number of nitrogens with zero attached hydrogens (tertiary/aromatic N) is 2. The molecule has 3 amide bonds. The van der Waals surface area contributed by atoms with Crippen molar-refractivity contribution < 1.29 is 14.4 Å². The number of nitrogens with one attached hydrogen (secondary N) is 2. The number of amides is 3. The van der Waals surface area contributed by atoms with E-state index in [1.165, 1.54) is 6.08 Å². The van der Waals surface area contributed by atoms with Gasteiger partial charge < -0.3 is 16.4 Å². The molecule has 0 unspecified atom stereocenters. The van der Waals surface area contributed by atoms with Gasteiger partial charge in [-0.15, -0.1) is 0 Å². The van der Waals surface area contributed by atoms with Gasteiger partial charge >= 0.3 is 0 Å². The van der Waals surface area contributed by atoms with Gasteiger partial charge in [0.2, 0.25) is 11.8 Å². The van der Waals surface area contributed by atoms with Crippen LogP contribution in [0.15, 0.2) is 97.2 Å². The Labute approximate surface area is 208 Å². The third kappa shape index (κ3) is 6.32. The van der Waals surface area contributed by atoms with E-state index in [-0.39, 0.29) is 12.5 Å². The van der Waals surface area contributed by atoms with E-state index < -0.39 is 11.8 Å². The Morgan fingerprint density at radius 1 is 0.861 bits per heavy atom. The molecule has 0 atom stereocenters. The molecule has 0 aliphatic rings. The standard InChI is InChI=1S/C28H25N5O3/c29-25(34)18-31-28(36)22-13-11-20(12-14-22)17-30-26(35)16-15-23-19-33(24-9-5-2-6-10-24)32-27(23)21-7-3-1-4-8-21/h1-16,19H,17-18H2,(H2,29,34)(H,30,35)(H,31,36)/b16-15+. The Morgan fingerprint density at radius 3 is 2.19 bits per heavy atom. The molecule has 4 rings (SSSR count). The molecule has 0 bridgehead atoms. The molecule has 0 radical (unpaired) electrons. The lowest BCUT2D eigenvalue weighted by molar-refractivity contribution is -0.117. The number of para-hydroxylation sites is 1. The summed E-state index contributed by atoms with van der Waals surface area (Å²) in [7, 11) is 0. The molecule has 0 fully saturated rings. The summed E-state index contributed by atoms with van der Waals surface area (Å²) in [5, 5.41) is 10.0. The Bertz CT molecular complexity index is 1380. The van der Waals surface area contributed by atoms with Crippen molar-refractivity contribution in [3.8, 4) is 16.9 Å². The number of carbonyl (C=O) groups excluding carboxylic acids is 3. The first-order valence-electron chi connectivity index (χ1n) is 11.3. The molecule has 0 aliphatic heterocycles. The van der Waals surface area contributed by atoms with Crippen LogP contribution in [0.2, 0.25) is 0 Å². The van der Waals surface area contributed by atoms with Crippen LogP contribution in [-0.2, 0) is 16.1 Å². The van der Waals surface area contributed by atoms with Gasteiger partial charge in [0.15, 0.2) is 0 Å². The summed E-state index contributed by atoms with van der Waals surface area (Å²) in [6.45, 7) is 0.0698. The molecule has 1 aromatic heterocycles. The maximum Gasteiger partial charge on any atom is 0.251 e. The predicted molar refractivity (Wildman–Crippen MR) is 138 cm³/mol. The van der Waals surface area contributed by atoms with Crippen molar-refractivity contribution in [2.24, 2.45) is 5.73 Å². The number of nitrogens with two attached hydrogens (primary N) is 1. The highest BCUT2D eigenvalue weighted by Gasteiger charge is 2.11. The van der Waals surface area contributed by atoms with Gasteiger partial charge in [0.05, 0.1) is 17.9 Å². The summed E-state index contributed by atoms with van der Waals surface area (Å²) in [5.41, 5.74) is 9.71. The summed E-state index contributed by atoms with van der Waals surface area (Å²) in [5.74, 6) is -1.26. The van der Waals surface area contributed by atoms with Crippen LogP contribution in [0.3, 0.4) is 0 Å². The van der Waals surface area contributed by atoms with Crippen LogP contribution >= 0.6 is 0 Å². The molecule has 1 heterocycles. The first kappa shape index (κ1) is 24.2. The van der Waals surface area contributed by atoms with Crippen molar-refractivity contribution in [3.05, 3.63) is 114 Å². The van der Waals surface area contributed by atoms with Crippen LogP contribution in [0, 0.1) is 0 Å². The van der Waals surface area contributed by atoms with Gasteiger partial charge in [0.1, 0.15) is 0 Å². The Balaban J connectivity index is 1.42. The van der Waals surface area contributed by atoms with E-state index in [2.05, 4.69) is 10.6 Å². The quantitative estimate of drug-likeness (QED) is 0.320.